The molecular formula is C25H25N3O3. The van der Waals surface area contributed by atoms with E-state index in [9.17, 15) is 14.4 Å². The zero-order chi connectivity index (χ0) is 21.6. The minimum atomic E-state index is -0.387. The summed E-state index contributed by atoms with van der Waals surface area (Å²) in [5.41, 5.74) is 7.75. The van der Waals surface area contributed by atoms with Gasteiger partial charge in [0.25, 0.3) is 5.91 Å². The molecule has 0 bridgehead atoms. The van der Waals surface area contributed by atoms with Crippen molar-refractivity contribution < 1.29 is 14.4 Å². The van der Waals surface area contributed by atoms with Crippen LogP contribution in [-0.2, 0) is 16.0 Å². The average Bonchev–Trinajstić information content (AvgIpc) is 2.81. The number of Topliss-reactive ketones (excluding diaryl/α,β-unsaturated/α-hetero) is 1. The van der Waals surface area contributed by atoms with Crippen LogP contribution < -0.4 is 15.8 Å². The molecule has 158 valence electrons. The Hall–Kier alpha value is -3.67. The third-order valence-electron chi connectivity index (χ3n) is 5.53. The van der Waals surface area contributed by atoms with Crippen LogP contribution in [0.4, 0.5) is 5.69 Å². The highest BCUT2D eigenvalue weighted by Crippen LogP contribution is 2.26. The maximum Gasteiger partial charge on any atom is 0.257 e. The molecule has 6 nitrogen and oxygen atoms in total. The Balaban J connectivity index is 1.24. The summed E-state index contributed by atoms with van der Waals surface area (Å²) in [5.74, 6) is -0.774. The van der Waals surface area contributed by atoms with Gasteiger partial charge in [-0.1, -0.05) is 54.6 Å². The number of aryl methyl sites for hydroxylation is 1. The molecule has 0 unspecified atom stereocenters. The van der Waals surface area contributed by atoms with Crippen molar-refractivity contribution in [1.82, 2.24) is 10.9 Å². The molecule has 0 aromatic heterocycles. The van der Waals surface area contributed by atoms with Crippen molar-refractivity contribution in [2.24, 2.45) is 0 Å². The quantitative estimate of drug-likeness (QED) is 0.478. The van der Waals surface area contributed by atoms with Gasteiger partial charge in [-0.05, 0) is 41.3 Å². The predicted octanol–water partition coefficient (Wildman–Crippen LogP) is 3.40. The lowest BCUT2D eigenvalue weighted by Crippen LogP contribution is -2.47. The second-order valence-corrected chi connectivity index (χ2v) is 7.74. The molecule has 0 aliphatic carbocycles. The zero-order valence-corrected chi connectivity index (χ0v) is 17.3. The Morgan fingerprint density at radius 3 is 2.42 bits per heavy atom. The standard InChI is InChI=1S/C25H25N3O3/c29-23(21-12-11-18-6-1-2-8-20(18)16-21)13-14-24(30)26-27-25(31)17-28-15-5-9-19-7-3-4-10-22(19)28/h1-4,6-8,10-12,16H,5,9,13-15,17H2,(H,26,30)(H,27,31). The number of hydrazine groups is 1. The minimum absolute atomic E-state index is 0.0124. The number of carbonyl (C=O) groups excluding carboxylic acids is 3. The largest absolute Gasteiger partial charge is 0.362 e. The lowest BCUT2D eigenvalue weighted by molar-refractivity contribution is -0.128. The van der Waals surface area contributed by atoms with Crippen molar-refractivity contribution in [1.29, 1.82) is 0 Å². The van der Waals surface area contributed by atoms with E-state index in [0.29, 0.717) is 5.56 Å². The molecule has 31 heavy (non-hydrogen) atoms. The van der Waals surface area contributed by atoms with E-state index in [1.54, 1.807) is 6.07 Å². The lowest BCUT2D eigenvalue weighted by Gasteiger charge is -2.30. The SMILES string of the molecule is O=C(CCC(=O)c1ccc2ccccc2c1)NNC(=O)CN1CCCc2ccccc21. The summed E-state index contributed by atoms with van der Waals surface area (Å²) in [4.78, 5) is 38.8. The first-order valence-electron chi connectivity index (χ1n) is 10.5. The zero-order valence-electron chi connectivity index (χ0n) is 17.3. The number of benzene rings is 3. The van der Waals surface area contributed by atoms with Gasteiger partial charge in [0.05, 0.1) is 6.54 Å². The van der Waals surface area contributed by atoms with Crippen LogP contribution in [-0.4, -0.2) is 30.7 Å². The molecule has 0 radical (unpaired) electrons. The van der Waals surface area contributed by atoms with Crippen molar-refractivity contribution in [3.63, 3.8) is 0 Å². The Labute approximate surface area is 181 Å². The van der Waals surface area contributed by atoms with E-state index in [1.165, 1.54) is 5.56 Å². The molecule has 2 amide bonds. The van der Waals surface area contributed by atoms with Gasteiger partial charge in [0.15, 0.2) is 5.78 Å². The molecule has 1 heterocycles. The Kier molecular flexibility index (Phi) is 6.26. The van der Waals surface area contributed by atoms with Crippen molar-refractivity contribution in [2.75, 3.05) is 18.0 Å². The number of para-hydroxylation sites is 1. The molecule has 0 saturated heterocycles. The maximum absolute atomic E-state index is 12.4. The summed E-state index contributed by atoms with van der Waals surface area (Å²) in [6.45, 7) is 0.978. The van der Waals surface area contributed by atoms with Crippen LogP contribution in [0.15, 0.2) is 66.7 Å². The van der Waals surface area contributed by atoms with Crippen LogP contribution >= 0.6 is 0 Å². The van der Waals surface area contributed by atoms with Crippen molar-refractivity contribution in [2.45, 2.75) is 25.7 Å². The van der Waals surface area contributed by atoms with E-state index >= 15 is 0 Å². The van der Waals surface area contributed by atoms with E-state index < -0.39 is 0 Å². The van der Waals surface area contributed by atoms with Gasteiger partial charge in [0, 0.05) is 30.6 Å². The Morgan fingerprint density at radius 1 is 0.806 bits per heavy atom. The van der Waals surface area contributed by atoms with E-state index in [1.807, 2.05) is 59.5 Å². The summed E-state index contributed by atoms with van der Waals surface area (Å²) in [6, 6.07) is 21.4. The number of ketones is 1. The molecule has 6 heteroatoms. The predicted molar refractivity (Wildman–Crippen MR) is 121 cm³/mol. The first-order chi connectivity index (χ1) is 15.1. The fourth-order valence-corrected chi connectivity index (χ4v) is 3.92. The summed E-state index contributed by atoms with van der Waals surface area (Å²) in [7, 11) is 0. The number of carbonyl (C=O) groups is 3. The highest BCUT2D eigenvalue weighted by Gasteiger charge is 2.19. The monoisotopic (exact) mass is 415 g/mol. The number of hydrogen-bond acceptors (Lipinski definition) is 4. The van der Waals surface area contributed by atoms with Gasteiger partial charge in [0.2, 0.25) is 5.91 Å². The van der Waals surface area contributed by atoms with E-state index in [4.69, 9.17) is 0 Å². The number of hydrogen-bond donors (Lipinski definition) is 2. The third-order valence-corrected chi connectivity index (χ3v) is 5.53. The number of rotatable bonds is 6. The van der Waals surface area contributed by atoms with Crippen molar-refractivity contribution >= 4 is 34.1 Å². The molecule has 0 saturated carbocycles. The molecule has 1 aliphatic rings. The highest BCUT2D eigenvalue weighted by molar-refractivity contribution is 6.01. The van der Waals surface area contributed by atoms with Gasteiger partial charge >= 0.3 is 0 Å². The summed E-state index contributed by atoms with van der Waals surface area (Å²) >= 11 is 0. The number of nitrogens with one attached hydrogen (secondary N) is 2. The topological polar surface area (TPSA) is 78.5 Å². The van der Waals surface area contributed by atoms with Crippen LogP contribution in [0.2, 0.25) is 0 Å². The second kappa shape index (κ2) is 9.43. The van der Waals surface area contributed by atoms with Gasteiger partial charge < -0.3 is 4.90 Å². The smallest absolute Gasteiger partial charge is 0.257 e. The van der Waals surface area contributed by atoms with Crippen LogP contribution in [0.3, 0.4) is 0 Å². The van der Waals surface area contributed by atoms with Gasteiger partial charge in [-0.3, -0.25) is 25.2 Å². The minimum Gasteiger partial charge on any atom is -0.362 e. The fourth-order valence-electron chi connectivity index (χ4n) is 3.92. The third kappa shape index (κ3) is 5.09. The molecule has 0 spiro atoms. The van der Waals surface area contributed by atoms with Gasteiger partial charge in [-0.15, -0.1) is 0 Å². The molecule has 3 aromatic rings. The van der Waals surface area contributed by atoms with Crippen LogP contribution in [0.1, 0.15) is 35.2 Å². The number of amides is 2. The maximum atomic E-state index is 12.4. The number of fused-ring (bicyclic) bond motifs is 2. The molecule has 4 rings (SSSR count). The van der Waals surface area contributed by atoms with Gasteiger partial charge in [0.1, 0.15) is 0 Å². The first-order valence-corrected chi connectivity index (χ1v) is 10.5. The van der Waals surface area contributed by atoms with Crippen LogP contribution in [0.5, 0.6) is 0 Å². The Bertz CT molecular complexity index is 1130. The second-order valence-electron chi connectivity index (χ2n) is 7.74. The molecule has 1 aliphatic heterocycles. The van der Waals surface area contributed by atoms with E-state index in [0.717, 1.165) is 35.8 Å². The first kappa shape index (κ1) is 20.6. The van der Waals surface area contributed by atoms with Gasteiger partial charge in [-0.25, -0.2) is 0 Å². The van der Waals surface area contributed by atoms with Crippen molar-refractivity contribution in [3.05, 3.63) is 77.9 Å². The normalized spacial score (nSPS) is 12.8. The molecular weight excluding hydrogens is 390 g/mol. The molecule has 3 aromatic carbocycles. The molecule has 0 atom stereocenters. The molecule has 0 fully saturated rings. The summed E-state index contributed by atoms with van der Waals surface area (Å²) < 4.78 is 0. The summed E-state index contributed by atoms with van der Waals surface area (Å²) in [6.07, 6.45) is 2.10. The van der Waals surface area contributed by atoms with Crippen LogP contribution in [0, 0.1) is 0 Å². The highest BCUT2D eigenvalue weighted by atomic mass is 16.2. The average molecular weight is 415 g/mol. The number of nitrogens with zero attached hydrogens (tertiary/aromatic N) is 1. The van der Waals surface area contributed by atoms with Crippen molar-refractivity contribution in [3.8, 4) is 0 Å². The Morgan fingerprint density at radius 2 is 1.55 bits per heavy atom. The number of anilines is 1. The lowest BCUT2D eigenvalue weighted by atomic mass is 10.0. The fraction of sp³-hybridized carbons (Fsp3) is 0.240. The van der Waals surface area contributed by atoms with E-state index in [-0.39, 0.29) is 37.0 Å². The van der Waals surface area contributed by atoms with E-state index in [2.05, 4.69) is 16.9 Å². The molecule has 2 N–H and O–H groups in total. The van der Waals surface area contributed by atoms with Gasteiger partial charge in [-0.2, -0.15) is 0 Å². The summed E-state index contributed by atoms with van der Waals surface area (Å²) in [5, 5.41) is 2.06. The van der Waals surface area contributed by atoms with Crippen LogP contribution in [0.25, 0.3) is 10.8 Å².